The second-order valence-electron chi connectivity index (χ2n) is 4.98. The van der Waals surface area contributed by atoms with Crippen LogP contribution in [0.1, 0.15) is 18.9 Å². The van der Waals surface area contributed by atoms with E-state index < -0.39 is 0 Å². The molecular weight excluding hydrogens is 262 g/mol. The first-order chi connectivity index (χ1) is 10.4. The Morgan fingerprint density at radius 1 is 1.14 bits per heavy atom. The topological polar surface area (TPSA) is 49.9 Å². The normalized spacial score (nSPS) is 10.7. The molecule has 4 nitrogen and oxygen atoms in total. The van der Waals surface area contributed by atoms with E-state index in [1.54, 1.807) is 0 Å². The van der Waals surface area contributed by atoms with Crippen molar-refractivity contribution in [3.8, 4) is 5.75 Å². The smallest absolute Gasteiger partial charge is 0.119 e. The predicted molar refractivity (Wildman–Crippen MR) is 85.6 cm³/mol. The van der Waals surface area contributed by atoms with Gasteiger partial charge in [-0.25, -0.2) is 0 Å². The maximum Gasteiger partial charge on any atom is 0.119 e. The number of hydrogen-bond acceptors (Lipinski definition) is 3. The molecule has 0 unspecified atom stereocenters. The average molecular weight is 281 g/mol. The second kappa shape index (κ2) is 6.31. The molecule has 0 spiro atoms. The summed E-state index contributed by atoms with van der Waals surface area (Å²) in [6.07, 6.45) is 2.87. The number of rotatable bonds is 6. The van der Waals surface area contributed by atoms with Crippen molar-refractivity contribution in [1.82, 2.24) is 10.2 Å². The van der Waals surface area contributed by atoms with Crippen LogP contribution in [-0.4, -0.2) is 16.8 Å². The minimum atomic E-state index is 0.764. The number of aromatic nitrogens is 2. The Labute approximate surface area is 124 Å². The lowest BCUT2D eigenvalue weighted by Gasteiger charge is -2.09. The maximum absolute atomic E-state index is 5.59. The van der Waals surface area contributed by atoms with Crippen LogP contribution in [0.25, 0.3) is 10.9 Å². The third-order valence-corrected chi connectivity index (χ3v) is 3.36. The Kier molecular flexibility index (Phi) is 4.05. The van der Waals surface area contributed by atoms with E-state index in [9.17, 15) is 0 Å². The molecule has 4 heteroatoms. The molecule has 0 bridgehead atoms. The molecule has 0 aliphatic carbocycles. The number of nitrogens with one attached hydrogen (secondary N) is 2. The van der Waals surface area contributed by atoms with E-state index in [4.69, 9.17) is 4.74 Å². The lowest BCUT2D eigenvalue weighted by atomic mass is 10.2. The highest BCUT2D eigenvalue weighted by Crippen LogP contribution is 2.22. The zero-order valence-corrected chi connectivity index (χ0v) is 12.1. The largest absolute Gasteiger partial charge is 0.494 e. The summed E-state index contributed by atoms with van der Waals surface area (Å²) in [5, 5.41) is 11.6. The zero-order chi connectivity index (χ0) is 14.5. The lowest BCUT2D eigenvalue weighted by Crippen LogP contribution is -2.00. The molecule has 0 aliphatic heterocycles. The van der Waals surface area contributed by atoms with Gasteiger partial charge in [0.05, 0.1) is 18.3 Å². The van der Waals surface area contributed by atoms with Crippen molar-refractivity contribution < 1.29 is 4.74 Å². The molecule has 2 N–H and O–H groups in total. The number of fused-ring (bicyclic) bond motifs is 1. The van der Waals surface area contributed by atoms with E-state index in [-0.39, 0.29) is 0 Å². The highest BCUT2D eigenvalue weighted by Gasteiger charge is 2.02. The number of nitrogens with zero attached hydrogens (tertiary/aromatic N) is 1. The van der Waals surface area contributed by atoms with Gasteiger partial charge in [-0.1, -0.05) is 25.1 Å². The fourth-order valence-corrected chi connectivity index (χ4v) is 2.24. The van der Waals surface area contributed by atoms with Gasteiger partial charge in [-0.15, -0.1) is 0 Å². The van der Waals surface area contributed by atoms with Crippen molar-refractivity contribution in [3.05, 3.63) is 54.2 Å². The van der Waals surface area contributed by atoms with Crippen molar-refractivity contribution >= 4 is 16.6 Å². The van der Waals surface area contributed by atoms with E-state index in [0.717, 1.165) is 41.9 Å². The van der Waals surface area contributed by atoms with Gasteiger partial charge in [0, 0.05) is 17.6 Å². The van der Waals surface area contributed by atoms with E-state index in [2.05, 4.69) is 40.6 Å². The van der Waals surface area contributed by atoms with E-state index in [1.807, 2.05) is 30.5 Å². The summed E-state index contributed by atoms with van der Waals surface area (Å²) < 4.78 is 5.59. The summed E-state index contributed by atoms with van der Waals surface area (Å²) in [5.41, 5.74) is 3.36. The van der Waals surface area contributed by atoms with Crippen molar-refractivity contribution in [1.29, 1.82) is 0 Å². The van der Waals surface area contributed by atoms with Gasteiger partial charge in [0.2, 0.25) is 0 Å². The monoisotopic (exact) mass is 281 g/mol. The molecule has 1 heterocycles. The number of benzene rings is 2. The summed E-state index contributed by atoms with van der Waals surface area (Å²) in [6.45, 7) is 3.65. The van der Waals surface area contributed by atoms with Gasteiger partial charge in [0.15, 0.2) is 0 Å². The number of H-pyrrole nitrogens is 1. The standard InChI is InChI=1S/C17H19N3O/c1-2-10-21-14-8-6-13(7-9-14)11-18-16-4-3-5-17-15(16)12-19-20-17/h3-9,12,18H,2,10-11H2,1H3,(H,19,20). The molecule has 0 amide bonds. The number of anilines is 1. The molecule has 0 radical (unpaired) electrons. The number of hydrogen-bond donors (Lipinski definition) is 2. The molecule has 0 saturated carbocycles. The van der Waals surface area contributed by atoms with Crippen molar-refractivity contribution in [2.45, 2.75) is 19.9 Å². The van der Waals surface area contributed by atoms with E-state index >= 15 is 0 Å². The predicted octanol–water partition coefficient (Wildman–Crippen LogP) is 3.96. The van der Waals surface area contributed by atoms with Gasteiger partial charge in [-0.2, -0.15) is 5.10 Å². The van der Waals surface area contributed by atoms with Crippen LogP contribution in [-0.2, 0) is 6.54 Å². The fourth-order valence-electron chi connectivity index (χ4n) is 2.24. The van der Waals surface area contributed by atoms with Crippen LogP contribution in [0.2, 0.25) is 0 Å². The molecule has 0 fully saturated rings. The Morgan fingerprint density at radius 3 is 2.81 bits per heavy atom. The molecular formula is C17H19N3O. The minimum absolute atomic E-state index is 0.764. The van der Waals surface area contributed by atoms with Crippen molar-refractivity contribution in [3.63, 3.8) is 0 Å². The van der Waals surface area contributed by atoms with Crippen LogP contribution >= 0.6 is 0 Å². The molecule has 2 aromatic carbocycles. The highest BCUT2D eigenvalue weighted by molar-refractivity contribution is 5.90. The Morgan fingerprint density at radius 2 is 2.00 bits per heavy atom. The van der Waals surface area contributed by atoms with Crippen LogP contribution in [0.5, 0.6) is 5.75 Å². The van der Waals surface area contributed by atoms with Crippen LogP contribution in [0.4, 0.5) is 5.69 Å². The highest BCUT2D eigenvalue weighted by atomic mass is 16.5. The van der Waals surface area contributed by atoms with Gasteiger partial charge in [-0.05, 0) is 36.2 Å². The SMILES string of the molecule is CCCOc1ccc(CNc2cccc3[nH]ncc23)cc1. The summed E-state index contributed by atoms with van der Waals surface area (Å²) in [7, 11) is 0. The van der Waals surface area contributed by atoms with E-state index in [1.165, 1.54) is 5.56 Å². The van der Waals surface area contributed by atoms with E-state index in [0.29, 0.717) is 0 Å². The summed E-state index contributed by atoms with van der Waals surface area (Å²) in [4.78, 5) is 0. The lowest BCUT2D eigenvalue weighted by molar-refractivity contribution is 0.317. The second-order valence-corrected chi connectivity index (χ2v) is 4.98. The summed E-state index contributed by atoms with van der Waals surface area (Å²) in [6, 6.07) is 14.3. The fraction of sp³-hybridized carbons (Fsp3) is 0.235. The quantitative estimate of drug-likeness (QED) is 0.719. The third-order valence-electron chi connectivity index (χ3n) is 3.36. The molecule has 0 atom stereocenters. The van der Waals surface area contributed by atoms with Crippen LogP contribution in [0.15, 0.2) is 48.7 Å². The van der Waals surface area contributed by atoms with Crippen LogP contribution in [0.3, 0.4) is 0 Å². The molecule has 0 saturated heterocycles. The van der Waals surface area contributed by atoms with Gasteiger partial charge in [-0.3, -0.25) is 5.10 Å². The maximum atomic E-state index is 5.59. The first-order valence-electron chi connectivity index (χ1n) is 7.24. The first kappa shape index (κ1) is 13.5. The molecule has 21 heavy (non-hydrogen) atoms. The van der Waals surface area contributed by atoms with Crippen molar-refractivity contribution in [2.24, 2.45) is 0 Å². The molecule has 108 valence electrons. The minimum Gasteiger partial charge on any atom is -0.494 e. The first-order valence-corrected chi connectivity index (χ1v) is 7.24. The molecule has 1 aromatic heterocycles. The molecule has 0 aliphatic rings. The van der Waals surface area contributed by atoms with Gasteiger partial charge < -0.3 is 10.1 Å². The van der Waals surface area contributed by atoms with Crippen LogP contribution in [0, 0.1) is 0 Å². The molecule has 3 aromatic rings. The third kappa shape index (κ3) is 3.16. The summed E-state index contributed by atoms with van der Waals surface area (Å²) >= 11 is 0. The zero-order valence-electron chi connectivity index (χ0n) is 12.1. The van der Waals surface area contributed by atoms with Gasteiger partial charge >= 0.3 is 0 Å². The Balaban J connectivity index is 1.66. The molecule has 3 rings (SSSR count). The summed E-state index contributed by atoms with van der Waals surface area (Å²) in [5.74, 6) is 0.928. The van der Waals surface area contributed by atoms with Gasteiger partial charge in [0.1, 0.15) is 5.75 Å². The number of aromatic amines is 1. The average Bonchev–Trinajstić information content (AvgIpc) is 3.01. The number of ether oxygens (including phenoxy) is 1. The Hall–Kier alpha value is -2.49. The van der Waals surface area contributed by atoms with Gasteiger partial charge in [0.25, 0.3) is 0 Å². The van der Waals surface area contributed by atoms with Crippen molar-refractivity contribution in [2.75, 3.05) is 11.9 Å². The Bertz CT molecular complexity index is 703. The van der Waals surface area contributed by atoms with Crippen LogP contribution < -0.4 is 10.1 Å².